The maximum absolute atomic E-state index is 13.7. The SMILES string of the molecule is CCCCCC(F)CC(F)CC(F)CCCCCCCC(=O)O.[H-].[Na+]. The molecular formula is C18H34F3NaO2. The molecule has 0 aromatic carbocycles. The van der Waals surface area contributed by atoms with E-state index in [1.807, 2.05) is 6.92 Å². The van der Waals surface area contributed by atoms with Crippen LogP contribution in [0.2, 0.25) is 0 Å². The van der Waals surface area contributed by atoms with Gasteiger partial charge < -0.3 is 6.53 Å². The molecule has 0 aliphatic heterocycles. The minimum Gasteiger partial charge on any atom is -1.00 e. The molecule has 24 heavy (non-hydrogen) atoms. The molecule has 0 aliphatic rings. The van der Waals surface area contributed by atoms with E-state index in [-0.39, 0.29) is 50.2 Å². The molecule has 6 heteroatoms. The topological polar surface area (TPSA) is 37.3 Å². The summed E-state index contributed by atoms with van der Waals surface area (Å²) < 4.78 is 40.8. The summed E-state index contributed by atoms with van der Waals surface area (Å²) in [6, 6.07) is 0. The summed E-state index contributed by atoms with van der Waals surface area (Å²) >= 11 is 0. The van der Waals surface area contributed by atoms with Crippen molar-refractivity contribution in [2.24, 2.45) is 0 Å². The Balaban J connectivity index is -0.00000242. The normalized spacial score (nSPS) is 14.7. The van der Waals surface area contributed by atoms with Gasteiger partial charge in [0.1, 0.15) is 18.5 Å². The van der Waals surface area contributed by atoms with Crippen LogP contribution in [0.25, 0.3) is 0 Å². The number of alkyl halides is 3. The zero-order valence-corrected chi connectivity index (χ0v) is 17.4. The van der Waals surface area contributed by atoms with Crippen molar-refractivity contribution < 1.29 is 54.1 Å². The van der Waals surface area contributed by atoms with E-state index in [4.69, 9.17) is 5.11 Å². The van der Waals surface area contributed by atoms with Gasteiger partial charge in [0.2, 0.25) is 0 Å². The molecule has 0 fully saturated rings. The molecule has 3 atom stereocenters. The molecule has 0 radical (unpaired) electrons. The first kappa shape index (κ1) is 26.5. The minimum atomic E-state index is -1.39. The van der Waals surface area contributed by atoms with Crippen LogP contribution >= 0.6 is 0 Å². The summed E-state index contributed by atoms with van der Waals surface area (Å²) in [6.07, 6.45) is 3.34. The average Bonchev–Trinajstić information content (AvgIpc) is 2.45. The maximum Gasteiger partial charge on any atom is 1.00 e. The largest absolute Gasteiger partial charge is 1.00 e. The van der Waals surface area contributed by atoms with Crippen molar-refractivity contribution in [1.29, 1.82) is 0 Å². The summed E-state index contributed by atoms with van der Waals surface area (Å²) in [7, 11) is 0. The second-order valence-electron chi connectivity index (χ2n) is 6.46. The Morgan fingerprint density at radius 3 is 1.79 bits per heavy atom. The summed E-state index contributed by atoms with van der Waals surface area (Å²) in [5.41, 5.74) is 0. The molecule has 2 nitrogen and oxygen atoms in total. The fraction of sp³-hybridized carbons (Fsp3) is 0.944. The van der Waals surface area contributed by atoms with Crippen molar-refractivity contribution in [2.75, 3.05) is 0 Å². The van der Waals surface area contributed by atoms with Crippen LogP contribution in [0.15, 0.2) is 0 Å². The smallest absolute Gasteiger partial charge is 1.00 e. The molecule has 0 aliphatic carbocycles. The standard InChI is InChI=1S/C18H33F3O2.Na.H/c1-2-3-7-10-15(19)13-17(21)14-16(20)11-8-5-4-6-9-12-18(22)23;;/h15-17H,2-14H2,1H3,(H,22,23);;/q;+1;-1. The number of carboxylic acid groups (broad SMARTS) is 1. The molecule has 0 heterocycles. The van der Waals surface area contributed by atoms with E-state index < -0.39 is 24.5 Å². The second-order valence-corrected chi connectivity index (χ2v) is 6.46. The Morgan fingerprint density at radius 1 is 0.833 bits per heavy atom. The quantitative estimate of drug-likeness (QED) is 0.338. The van der Waals surface area contributed by atoms with Gasteiger partial charge in [-0.05, 0) is 19.3 Å². The van der Waals surface area contributed by atoms with Crippen molar-refractivity contribution in [1.82, 2.24) is 0 Å². The van der Waals surface area contributed by atoms with Crippen LogP contribution in [0.3, 0.4) is 0 Å². The average molecular weight is 362 g/mol. The third-order valence-corrected chi connectivity index (χ3v) is 4.05. The van der Waals surface area contributed by atoms with Crippen LogP contribution in [-0.2, 0) is 4.79 Å². The Labute approximate surface area is 168 Å². The van der Waals surface area contributed by atoms with E-state index in [0.29, 0.717) is 25.7 Å². The zero-order valence-electron chi connectivity index (χ0n) is 16.4. The van der Waals surface area contributed by atoms with Gasteiger partial charge >= 0.3 is 35.5 Å². The van der Waals surface area contributed by atoms with Crippen molar-refractivity contribution in [3.05, 3.63) is 0 Å². The monoisotopic (exact) mass is 362 g/mol. The molecule has 3 unspecified atom stereocenters. The molecule has 1 N–H and O–H groups in total. The predicted octanol–water partition coefficient (Wildman–Crippen LogP) is 3.29. The second kappa shape index (κ2) is 18.1. The Bertz CT molecular complexity index is 299. The van der Waals surface area contributed by atoms with Gasteiger partial charge in [0.05, 0.1) is 0 Å². The molecule has 0 aromatic heterocycles. The van der Waals surface area contributed by atoms with Gasteiger partial charge in [-0.25, -0.2) is 13.2 Å². The number of aliphatic carboxylic acids is 1. The van der Waals surface area contributed by atoms with Gasteiger partial charge in [-0.15, -0.1) is 0 Å². The van der Waals surface area contributed by atoms with Crippen LogP contribution in [0.4, 0.5) is 13.2 Å². The number of carbonyl (C=O) groups is 1. The first-order valence-corrected chi connectivity index (χ1v) is 9.09. The zero-order chi connectivity index (χ0) is 17.5. The third kappa shape index (κ3) is 18.6. The van der Waals surface area contributed by atoms with Gasteiger partial charge in [-0.3, -0.25) is 4.79 Å². The van der Waals surface area contributed by atoms with Crippen LogP contribution in [0.5, 0.6) is 0 Å². The number of carboxylic acids is 1. The number of halogens is 3. The molecule has 0 amide bonds. The number of rotatable bonds is 16. The Kier molecular flexibility index (Phi) is 19.9. The predicted molar refractivity (Wildman–Crippen MR) is 89.1 cm³/mol. The van der Waals surface area contributed by atoms with E-state index >= 15 is 0 Å². The van der Waals surface area contributed by atoms with Gasteiger partial charge in [0.25, 0.3) is 0 Å². The summed E-state index contributed by atoms with van der Waals surface area (Å²) in [6.45, 7) is 2.03. The molecule has 0 aromatic rings. The summed E-state index contributed by atoms with van der Waals surface area (Å²) in [4.78, 5) is 10.3. The first-order chi connectivity index (χ1) is 11.0. The van der Waals surface area contributed by atoms with Gasteiger partial charge in [0.15, 0.2) is 0 Å². The van der Waals surface area contributed by atoms with Crippen molar-refractivity contribution in [2.45, 2.75) is 109 Å². The summed E-state index contributed by atoms with van der Waals surface area (Å²) in [5.74, 6) is -0.788. The van der Waals surface area contributed by atoms with Crippen LogP contribution in [0.1, 0.15) is 91.8 Å². The molecule has 0 saturated heterocycles. The van der Waals surface area contributed by atoms with Gasteiger partial charge in [-0.1, -0.05) is 51.9 Å². The van der Waals surface area contributed by atoms with E-state index in [1.54, 1.807) is 0 Å². The molecule has 0 bridgehead atoms. The van der Waals surface area contributed by atoms with Crippen LogP contribution in [-0.4, -0.2) is 29.6 Å². The maximum atomic E-state index is 13.7. The molecule has 0 saturated carbocycles. The minimum absolute atomic E-state index is 0. The number of hydrogen-bond acceptors (Lipinski definition) is 1. The van der Waals surface area contributed by atoms with Crippen LogP contribution < -0.4 is 29.6 Å². The van der Waals surface area contributed by atoms with Crippen LogP contribution in [0, 0.1) is 0 Å². The molecule has 0 spiro atoms. The van der Waals surface area contributed by atoms with E-state index in [1.165, 1.54) is 0 Å². The number of unbranched alkanes of at least 4 members (excludes halogenated alkanes) is 6. The van der Waals surface area contributed by atoms with Crippen molar-refractivity contribution >= 4 is 5.97 Å². The third-order valence-electron chi connectivity index (χ3n) is 4.05. The fourth-order valence-corrected chi connectivity index (χ4v) is 2.68. The van der Waals surface area contributed by atoms with Crippen molar-refractivity contribution in [3.63, 3.8) is 0 Å². The summed E-state index contributed by atoms with van der Waals surface area (Å²) in [5, 5.41) is 8.48. The fourth-order valence-electron chi connectivity index (χ4n) is 2.68. The number of hydrogen-bond donors (Lipinski definition) is 1. The molecular weight excluding hydrogens is 328 g/mol. The Morgan fingerprint density at radius 2 is 1.29 bits per heavy atom. The van der Waals surface area contributed by atoms with Crippen molar-refractivity contribution in [3.8, 4) is 0 Å². The van der Waals surface area contributed by atoms with E-state index in [9.17, 15) is 18.0 Å². The first-order valence-electron chi connectivity index (χ1n) is 9.09. The van der Waals surface area contributed by atoms with E-state index in [0.717, 1.165) is 38.5 Å². The van der Waals surface area contributed by atoms with Gasteiger partial charge in [0, 0.05) is 19.3 Å². The molecule has 140 valence electrons. The van der Waals surface area contributed by atoms with E-state index in [2.05, 4.69) is 0 Å². The molecule has 0 rings (SSSR count). The van der Waals surface area contributed by atoms with Gasteiger partial charge in [-0.2, -0.15) is 0 Å². The Hall–Kier alpha value is 0.260.